The summed E-state index contributed by atoms with van der Waals surface area (Å²) in [5.74, 6) is 5.34. The van der Waals surface area contributed by atoms with Crippen LogP contribution in [-0.4, -0.2) is 47.7 Å². The molecule has 4 aromatic rings. The van der Waals surface area contributed by atoms with Gasteiger partial charge in [0.05, 0.1) is 39.6 Å². The summed E-state index contributed by atoms with van der Waals surface area (Å²) in [7, 11) is -3.20. The van der Waals surface area contributed by atoms with Crippen molar-refractivity contribution < 1.29 is 28.4 Å². The number of ether oxygens (including phenoxy) is 6. The Kier molecular flexibility index (Phi) is 21.1. The van der Waals surface area contributed by atoms with Gasteiger partial charge in [-0.2, -0.15) is 0 Å². The van der Waals surface area contributed by atoms with Crippen LogP contribution in [0.5, 0.6) is 34.5 Å². The van der Waals surface area contributed by atoms with Crippen LogP contribution in [0.15, 0.2) is 60.7 Å². The van der Waals surface area contributed by atoms with E-state index in [0.717, 1.165) is 161 Å². The Morgan fingerprint density at radius 2 is 0.587 bits per heavy atom. The van der Waals surface area contributed by atoms with Crippen molar-refractivity contribution in [2.75, 3.05) is 39.6 Å². The topological polar surface area (TPSA) is 55.4 Å². The molecule has 0 saturated heterocycles. The normalized spacial score (nSPS) is 12.5. The highest BCUT2D eigenvalue weighted by atomic mass is 28.3. The summed E-state index contributed by atoms with van der Waals surface area (Å²) in [6.45, 7) is 22.0. The molecule has 0 spiro atoms. The third-order valence-electron chi connectivity index (χ3n) is 12.4. The lowest BCUT2D eigenvalue weighted by atomic mass is 10.0. The minimum atomic E-state index is -3.20. The average Bonchev–Trinajstić information content (AvgIpc) is 3.55. The van der Waals surface area contributed by atoms with Gasteiger partial charge >= 0.3 is 0 Å². The van der Waals surface area contributed by atoms with Crippen molar-refractivity contribution in [2.45, 2.75) is 171 Å². The Morgan fingerprint density at radius 3 is 0.857 bits per heavy atom. The second-order valence-electron chi connectivity index (χ2n) is 17.8. The van der Waals surface area contributed by atoms with Gasteiger partial charge < -0.3 is 28.4 Å². The zero-order valence-electron chi connectivity index (χ0n) is 40.7. The number of aryl methyl sites for hydroxylation is 2. The van der Waals surface area contributed by atoms with Crippen molar-refractivity contribution in [3.8, 4) is 45.6 Å². The zero-order valence-corrected chi connectivity index (χ0v) is 41.7. The second-order valence-corrected chi connectivity index (χ2v) is 21.5. The Labute approximate surface area is 383 Å². The van der Waals surface area contributed by atoms with E-state index in [0.29, 0.717) is 39.6 Å². The molecule has 0 N–H and O–H groups in total. The third kappa shape index (κ3) is 13.5. The minimum Gasteiger partial charge on any atom is -0.493 e. The number of fused-ring (bicyclic) bond motifs is 3. The van der Waals surface area contributed by atoms with Crippen LogP contribution >= 0.6 is 0 Å². The highest BCUT2D eigenvalue weighted by Crippen LogP contribution is 2.38. The summed E-state index contributed by atoms with van der Waals surface area (Å²) in [5, 5.41) is 5.12. The van der Waals surface area contributed by atoms with Crippen molar-refractivity contribution in [3.63, 3.8) is 0 Å². The summed E-state index contributed by atoms with van der Waals surface area (Å²) < 4.78 is 40.1. The molecule has 0 unspecified atom stereocenters. The molecule has 0 radical (unpaired) electrons. The van der Waals surface area contributed by atoms with Crippen molar-refractivity contribution in [2.24, 2.45) is 0 Å². The molecule has 6 nitrogen and oxygen atoms in total. The van der Waals surface area contributed by atoms with Gasteiger partial charge in [-0.15, -0.1) is 0 Å². The van der Waals surface area contributed by atoms with Crippen molar-refractivity contribution >= 4 is 28.8 Å². The van der Waals surface area contributed by atoms with Gasteiger partial charge in [-0.1, -0.05) is 131 Å². The zero-order chi connectivity index (χ0) is 44.9. The van der Waals surface area contributed by atoms with E-state index < -0.39 is 8.07 Å². The van der Waals surface area contributed by atoms with Gasteiger partial charge in [0.15, 0.2) is 8.07 Å². The number of rotatable bonds is 32. The number of hydrogen-bond donors (Lipinski definition) is 0. The maximum Gasteiger partial charge on any atom is 0.181 e. The molecule has 0 fully saturated rings. The van der Waals surface area contributed by atoms with E-state index in [1.807, 2.05) is 0 Å². The maximum absolute atomic E-state index is 6.70. The van der Waals surface area contributed by atoms with Gasteiger partial charge in [0, 0.05) is 12.1 Å². The van der Waals surface area contributed by atoms with E-state index in [9.17, 15) is 0 Å². The molecule has 0 aliphatic carbocycles. The molecule has 5 rings (SSSR count). The molecule has 0 aromatic heterocycles. The van der Waals surface area contributed by atoms with Crippen LogP contribution in [0.3, 0.4) is 0 Å². The van der Waals surface area contributed by atoms with Crippen molar-refractivity contribution in [3.05, 3.63) is 71.8 Å². The molecule has 1 heterocycles. The fourth-order valence-corrected chi connectivity index (χ4v) is 14.2. The first-order chi connectivity index (χ1) is 30.8. The average molecular weight is 879 g/mol. The predicted octanol–water partition coefficient (Wildman–Crippen LogP) is 13.1. The Morgan fingerprint density at radius 1 is 0.317 bits per heavy atom. The third-order valence-corrected chi connectivity index (χ3v) is 17.2. The molecule has 0 saturated carbocycles. The van der Waals surface area contributed by atoms with Crippen LogP contribution in [0.4, 0.5) is 0 Å². The molecule has 1 aliphatic heterocycles. The van der Waals surface area contributed by atoms with E-state index in [4.69, 9.17) is 28.4 Å². The van der Waals surface area contributed by atoms with Gasteiger partial charge in [-0.05, 0) is 132 Å². The quantitative estimate of drug-likeness (QED) is 0.0317. The van der Waals surface area contributed by atoms with Crippen LogP contribution in [0.1, 0.15) is 168 Å². The minimum absolute atomic E-state index is 0.667. The first-order valence-corrected chi connectivity index (χ1v) is 27.2. The first kappa shape index (κ1) is 49.9. The van der Waals surface area contributed by atoms with E-state index >= 15 is 0 Å². The van der Waals surface area contributed by atoms with Crippen LogP contribution in [-0.2, 0) is 0 Å². The van der Waals surface area contributed by atoms with Crippen LogP contribution in [0.2, 0.25) is 0 Å². The highest BCUT2D eigenvalue weighted by Gasteiger charge is 2.50. The standard InChI is InChI=1S/C56H82O6Si/c1-9-15-21-27-57-45-35-46(58-28-22-16-10-2)38-49(37-45)63(50-39-47(59-29-23-17-11-3)36-48(40-50)60-30-24-18-12-4)55-33-43(7)53(61-31-25-19-13-5)41-51(55)52-42-54(44(8)34-56(52)63)62-32-26-20-14-6/h33-42H,9-32H2,1-8H3. The maximum atomic E-state index is 6.70. The Bertz CT molecular complexity index is 1770. The molecule has 0 amide bonds. The monoisotopic (exact) mass is 879 g/mol. The summed E-state index contributed by atoms with van der Waals surface area (Å²) in [4.78, 5) is 0. The lowest BCUT2D eigenvalue weighted by molar-refractivity contribution is 0.291. The largest absolute Gasteiger partial charge is 0.493 e. The Hall–Kier alpha value is -4.10. The van der Waals surface area contributed by atoms with Gasteiger partial charge in [-0.3, -0.25) is 0 Å². The van der Waals surface area contributed by atoms with E-state index in [1.54, 1.807) is 0 Å². The SMILES string of the molecule is CCCCCOc1cc(OCCCCC)cc([Si]2(c3cc(OCCCCC)cc(OCCCCC)c3)c3cc(C)c(OCCCCC)cc3-c3cc(OCCCCC)c(C)cc32)c1. The number of benzene rings is 4. The molecule has 346 valence electrons. The molecule has 4 aromatic carbocycles. The first-order valence-electron chi connectivity index (χ1n) is 25.2. The summed E-state index contributed by atoms with van der Waals surface area (Å²) in [6, 6.07) is 23.1. The second kappa shape index (κ2) is 26.6. The fraction of sp³-hybridized carbons (Fsp3) is 0.571. The van der Waals surface area contributed by atoms with E-state index in [-0.39, 0.29) is 0 Å². The molecule has 63 heavy (non-hydrogen) atoms. The Balaban J connectivity index is 1.85. The summed E-state index contributed by atoms with van der Waals surface area (Å²) in [5.41, 5.74) is 4.72. The van der Waals surface area contributed by atoms with Gasteiger partial charge in [0.1, 0.15) is 34.5 Å². The van der Waals surface area contributed by atoms with Crippen molar-refractivity contribution in [1.82, 2.24) is 0 Å². The summed E-state index contributed by atoms with van der Waals surface area (Å²) in [6.07, 6.45) is 19.9. The number of hydrogen-bond acceptors (Lipinski definition) is 6. The molecular weight excluding hydrogens is 797 g/mol. The lowest BCUT2D eigenvalue weighted by Gasteiger charge is -2.33. The predicted molar refractivity (Wildman–Crippen MR) is 269 cm³/mol. The van der Waals surface area contributed by atoms with E-state index in [1.165, 1.54) is 31.9 Å². The van der Waals surface area contributed by atoms with Crippen LogP contribution < -0.4 is 49.2 Å². The van der Waals surface area contributed by atoms with Crippen LogP contribution in [0, 0.1) is 13.8 Å². The molecule has 1 aliphatic rings. The van der Waals surface area contributed by atoms with E-state index in [2.05, 4.69) is 116 Å². The smallest absolute Gasteiger partial charge is 0.181 e. The molecule has 7 heteroatoms. The highest BCUT2D eigenvalue weighted by molar-refractivity contribution is 7.22. The van der Waals surface area contributed by atoms with Gasteiger partial charge in [0.2, 0.25) is 0 Å². The summed E-state index contributed by atoms with van der Waals surface area (Å²) >= 11 is 0. The molecule has 0 atom stereocenters. The molecular formula is C56H82O6Si. The molecule has 0 bridgehead atoms. The number of unbranched alkanes of at least 4 members (excludes halogenated alkanes) is 12. The van der Waals surface area contributed by atoms with Crippen LogP contribution in [0.25, 0.3) is 11.1 Å². The lowest BCUT2D eigenvalue weighted by Crippen LogP contribution is -2.73. The van der Waals surface area contributed by atoms with Gasteiger partial charge in [-0.25, -0.2) is 0 Å². The van der Waals surface area contributed by atoms with Gasteiger partial charge in [0.25, 0.3) is 0 Å². The fourth-order valence-electron chi connectivity index (χ4n) is 8.83. The van der Waals surface area contributed by atoms with Crippen molar-refractivity contribution in [1.29, 1.82) is 0 Å².